The lowest BCUT2D eigenvalue weighted by atomic mass is 10.1. The quantitative estimate of drug-likeness (QED) is 0.742. The van der Waals surface area contributed by atoms with Crippen LogP contribution in [0.15, 0.2) is 41.2 Å². The van der Waals surface area contributed by atoms with Gasteiger partial charge in [-0.3, -0.25) is 14.3 Å². The van der Waals surface area contributed by atoms with Crippen molar-refractivity contribution in [3.8, 4) is 11.3 Å². The van der Waals surface area contributed by atoms with Gasteiger partial charge in [-0.1, -0.05) is 12.1 Å². The highest BCUT2D eigenvalue weighted by Gasteiger charge is 2.15. The summed E-state index contributed by atoms with van der Waals surface area (Å²) in [5.74, 6) is -0.690. The fraction of sp³-hybridized carbons (Fsp3) is 0.263. The summed E-state index contributed by atoms with van der Waals surface area (Å²) >= 11 is 0. The van der Waals surface area contributed by atoms with Crippen molar-refractivity contribution in [3.63, 3.8) is 0 Å². The molecule has 140 valence electrons. The Labute approximate surface area is 155 Å². The second-order valence-electron chi connectivity index (χ2n) is 6.29. The van der Waals surface area contributed by atoms with Crippen molar-refractivity contribution < 1.29 is 9.18 Å². The van der Waals surface area contributed by atoms with E-state index in [9.17, 15) is 14.0 Å². The lowest BCUT2D eigenvalue weighted by molar-refractivity contribution is -0.122. The summed E-state index contributed by atoms with van der Waals surface area (Å²) in [4.78, 5) is 24.3. The normalized spacial score (nSPS) is 10.8. The first kappa shape index (κ1) is 18.5. The van der Waals surface area contributed by atoms with E-state index >= 15 is 0 Å². The minimum absolute atomic E-state index is 0.202. The zero-order valence-electron chi connectivity index (χ0n) is 15.4. The Morgan fingerprint density at radius 3 is 2.44 bits per heavy atom. The van der Waals surface area contributed by atoms with Gasteiger partial charge < -0.3 is 5.32 Å². The molecule has 0 fully saturated rings. The number of hydrogen-bond acceptors (Lipinski definition) is 4. The van der Waals surface area contributed by atoms with Crippen LogP contribution in [0.5, 0.6) is 0 Å². The van der Waals surface area contributed by atoms with E-state index in [4.69, 9.17) is 0 Å². The molecule has 3 aromatic rings. The van der Waals surface area contributed by atoms with Gasteiger partial charge >= 0.3 is 0 Å². The first-order valence-electron chi connectivity index (χ1n) is 8.45. The van der Waals surface area contributed by atoms with Gasteiger partial charge in [-0.05, 0) is 37.6 Å². The van der Waals surface area contributed by atoms with E-state index < -0.39 is 0 Å². The number of aromatic nitrogens is 4. The number of carbonyl (C=O) groups excluding carboxylic acids is 1. The van der Waals surface area contributed by atoms with Crippen molar-refractivity contribution in [3.05, 3.63) is 69.5 Å². The predicted octanol–water partition coefficient (Wildman–Crippen LogP) is 1.72. The van der Waals surface area contributed by atoms with E-state index in [0.29, 0.717) is 5.69 Å². The van der Waals surface area contributed by atoms with Crippen LogP contribution in [0, 0.1) is 19.7 Å². The van der Waals surface area contributed by atoms with E-state index in [1.54, 1.807) is 22.9 Å². The molecule has 0 unspecified atom stereocenters. The molecule has 1 N–H and O–H groups in total. The van der Waals surface area contributed by atoms with Gasteiger partial charge in [-0.2, -0.15) is 10.2 Å². The molecular weight excluding hydrogens is 349 g/mol. The summed E-state index contributed by atoms with van der Waals surface area (Å²) in [6.45, 7) is 3.83. The zero-order valence-corrected chi connectivity index (χ0v) is 15.4. The Morgan fingerprint density at radius 2 is 1.81 bits per heavy atom. The third-order valence-corrected chi connectivity index (χ3v) is 4.33. The van der Waals surface area contributed by atoms with Gasteiger partial charge in [0.2, 0.25) is 5.91 Å². The topological polar surface area (TPSA) is 81.8 Å². The van der Waals surface area contributed by atoms with Crippen LogP contribution in [0.2, 0.25) is 0 Å². The van der Waals surface area contributed by atoms with Crippen LogP contribution in [0.3, 0.4) is 0 Å². The van der Waals surface area contributed by atoms with Gasteiger partial charge in [-0.15, -0.1) is 0 Å². The first-order chi connectivity index (χ1) is 12.8. The van der Waals surface area contributed by atoms with Crippen molar-refractivity contribution in [2.75, 3.05) is 0 Å². The van der Waals surface area contributed by atoms with Crippen LogP contribution in [0.1, 0.15) is 17.0 Å². The molecule has 0 saturated carbocycles. The first-order valence-corrected chi connectivity index (χ1v) is 8.45. The van der Waals surface area contributed by atoms with E-state index in [-0.39, 0.29) is 30.4 Å². The van der Waals surface area contributed by atoms with Gasteiger partial charge in [-0.25, -0.2) is 9.07 Å². The molecule has 8 heteroatoms. The lowest BCUT2D eigenvalue weighted by Gasteiger charge is -2.09. The number of aryl methyl sites for hydroxylation is 2. The predicted molar refractivity (Wildman–Crippen MR) is 98.4 cm³/mol. The highest BCUT2D eigenvalue weighted by atomic mass is 19.1. The summed E-state index contributed by atoms with van der Waals surface area (Å²) in [7, 11) is 1.84. The number of halogens is 1. The Morgan fingerprint density at radius 1 is 1.11 bits per heavy atom. The third kappa shape index (κ3) is 4.11. The van der Waals surface area contributed by atoms with Crippen molar-refractivity contribution in [1.82, 2.24) is 24.9 Å². The van der Waals surface area contributed by atoms with Crippen LogP contribution in [-0.2, 0) is 24.9 Å². The molecule has 0 aliphatic rings. The molecule has 0 aliphatic heterocycles. The highest BCUT2D eigenvalue weighted by Crippen LogP contribution is 2.23. The van der Waals surface area contributed by atoms with Crippen LogP contribution in [0.4, 0.5) is 4.39 Å². The van der Waals surface area contributed by atoms with Crippen molar-refractivity contribution >= 4 is 5.91 Å². The summed E-state index contributed by atoms with van der Waals surface area (Å²) in [6.07, 6.45) is 0. The fourth-order valence-corrected chi connectivity index (χ4v) is 2.83. The summed E-state index contributed by atoms with van der Waals surface area (Å²) < 4.78 is 15.8. The van der Waals surface area contributed by atoms with Gasteiger partial charge in [0.05, 0.1) is 11.4 Å². The third-order valence-electron chi connectivity index (χ3n) is 4.33. The van der Waals surface area contributed by atoms with Crippen molar-refractivity contribution in [2.45, 2.75) is 26.9 Å². The average Bonchev–Trinajstić information content (AvgIpc) is 2.89. The lowest BCUT2D eigenvalue weighted by Crippen LogP contribution is -2.33. The van der Waals surface area contributed by atoms with Crippen LogP contribution in [0.25, 0.3) is 11.3 Å². The molecular formula is C19H20FN5O2. The van der Waals surface area contributed by atoms with Crippen LogP contribution in [-0.4, -0.2) is 25.5 Å². The number of nitrogens with zero attached hydrogens (tertiary/aromatic N) is 4. The van der Waals surface area contributed by atoms with Crippen LogP contribution >= 0.6 is 0 Å². The molecule has 3 rings (SSSR count). The number of carbonyl (C=O) groups is 1. The minimum atomic E-state index is -0.366. The number of benzene rings is 1. The molecule has 0 atom stereocenters. The molecule has 0 radical (unpaired) electrons. The molecule has 7 nitrogen and oxygen atoms in total. The van der Waals surface area contributed by atoms with E-state index in [1.165, 1.54) is 18.2 Å². The van der Waals surface area contributed by atoms with E-state index in [1.807, 2.05) is 20.9 Å². The molecule has 0 bridgehead atoms. The molecule has 2 aromatic heterocycles. The van der Waals surface area contributed by atoms with Crippen LogP contribution < -0.4 is 10.9 Å². The maximum Gasteiger partial charge on any atom is 0.267 e. The monoisotopic (exact) mass is 369 g/mol. The highest BCUT2D eigenvalue weighted by molar-refractivity contribution is 5.75. The van der Waals surface area contributed by atoms with Gasteiger partial charge in [0, 0.05) is 30.9 Å². The zero-order chi connectivity index (χ0) is 19.6. The maximum absolute atomic E-state index is 12.9. The number of hydrogen-bond donors (Lipinski definition) is 1. The molecule has 1 aromatic carbocycles. The van der Waals surface area contributed by atoms with Gasteiger partial charge in [0.1, 0.15) is 12.4 Å². The molecule has 0 aliphatic carbocycles. The van der Waals surface area contributed by atoms with Crippen molar-refractivity contribution in [2.24, 2.45) is 7.05 Å². The number of nitrogens with one attached hydrogen (secondary N) is 1. The summed E-state index contributed by atoms with van der Waals surface area (Å²) in [5, 5.41) is 11.4. The standard InChI is InChI=1S/C19H20FN5O2/c1-12-19(13(2)24(3)22-12)16-8-9-18(27)25(23-16)11-17(26)21-10-14-4-6-15(20)7-5-14/h4-9H,10-11H2,1-3H3,(H,21,26). The summed E-state index contributed by atoms with van der Waals surface area (Å²) in [6, 6.07) is 8.86. The summed E-state index contributed by atoms with van der Waals surface area (Å²) in [5.41, 5.74) is 3.55. The average molecular weight is 369 g/mol. The molecule has 0 spiro atoms. The Hall–Kier alpha value is -3.29. The van der Waals surface area contributed by atoms with E-state index in [2.05, 4.69) is 15.5 Å². The van der Waals surface area contributed by atoms with E-state index in [0.717, 1.165) is 27.2 Å². The molecule has 27 heavy (non-hydrogen) atoms. The molecule has 0 saturated heterocycles. The smallest absolute Gasteiger partial charge is 0.267 e. The fourth-order valence-electron chi connectivity index (χ4n) is 2.83. The Balaban J connectivity index is 1.75. The largest absolute Gasteiger partial charge is 0.350 e. The number of rotatable bonds is 5. The minimum Gasteiger partial charge on any atom is -0.350 e. The number of amides is 1. The van der Waals surface area contributed by atoms with Crippen molar-refractivity contribution in [1.29, 1.82) is 0 Å². The Bertz CT molecular complexity index is 1040. The van der Waals surface area contributed by atoms with Gasteiger partial charge in [0.15, 0.2) is 0 Å². The molecule has 1 amide bonds. The van der Waals surface area contributed by atoms with Gasteiger partial charge in [0.25, 0.3) is 5.56 Å². The second kappa shape index (κ2) is 7.53. The second-order valence-corrected chi connectivity index (χ2v) is 6.29. The maximum atomic E-state index is 12.9. The Kier molecular flexibility index (Phi) is 5.16. The SMILES string of the molecule is Cc1nn(C)c(C)c1-c1ccc(=O)n(CC(=O)NCc2ccc(F)cc2)n1. The molecule has 2 heterocycles.